The molecule has 0 atom stereocenters. The first-order valence-electron chi connectivity index (χ1n) is 9.21. The van der Waals surface area contributed by atoms with Gasteiger partial charge in [-0.05, 0) is 48.2 Å². The monoisotopic (exact) mass is 340 g/mol. The number of carbonyl (C=O) groups excluding carboxylic acids is 1. The molecule has 0 radical (unpaired) electrons. The van der Waals surface area contributed by atoms with Gasteiger partial charge in [0.1, 0.15) is 0 Å². The van der Waals surface area contributed by atoms with Crippen LogP contribution >= 0.6 is 0 Å². The van der Waals surface area contributed by atoms with Crippen molar-refractivity contribution in [2.45, 2.75) is 19.3 Å². The molecule has 1 aliphatic rings. The van der Waals surface area contributed by atoms with E-state index in [1.165, 1.54) is 10.8 Å². The molecule has 1 amide bonds. The van der Waals surface area contributed by atoms with Gasteiger partial charge in [-0.25, -0.2) is 0 Å². The maximum atomic E-state index is 12.4. The highest BCUT2D eigenvalue weighted by molar-refractivity contribution is 5.90. The van der Waals surface area contributed by atoms with Crippen LogP contribution in [0.25, 0.3) is 10.8 Å². The number of nitrogens with zero attached hydrogens (tertiary/aromatic N) is 1. The standard InChI is InChI=1S/C21H28N2O2/c1-25-14-13-23-11-9-17(10-12-23)16-22-21(24)15-19-7-4-6-18-5-2-3-8-20(18)19/h2-8,17H,9-16H2,1H3,(H,22,24). The molecule has 0 aromatic heterocycles. The second-order valence-corrected chi connectivity index (χ2v) is 6.90. The summed E-state index contributed by atoms with van der Waals surface area (Å²) >= 11 is 0. The fourth-order valence-corrected chi connectivity index (χ4v) is 3.57. The van der Waals surface area contributed by atoms with Crippen LogP contribution in [0.4, 0.5) is 0 Å². The minimum Gasteiger partial charge on any atom is -0.383 e. The number of hydrogen-bond acceptors (Lipinski definition) is 3. The van der Waals surface area contributed by atoms with Gasteiger partial charge in [-0.15, -0.1) is 0 Å². The fraction of sp³-hybridized carbons (Fsp3) is 0.476. The van der Waals surface area contributed by atoms with Gasteiger partial charge in [-0.1, -0.05) is 42.5 Å². The third kappa shape index (κ3) is 5.03. The Kier molecular flexibility index (Phi) is 6.42. The number of benzene rings is 2. The molecule has 0 saturated carbocycles. The molecule has 0 aliphatic carbocycles. The fourth-order valence-electron chi connectivity index (χ4n) is 3.57. The summed E-state index contributed by atoms with van der Waals surface area (Å²) < 4.78 is 5.14. The van der Waals surface area contributed by atoms with Crippen molar-refractivity contribution in [2.75, 3.05) is 39.9 Å². The van der Waals surface area contributed by atoms with Crippen molar-refractivity contribution in [3.63, 3.8) is 0 Å². The first-order chi connectivity index (χ1) is 12.3. The Morgan fingerprint density at radius 2 is 1.92 bits per heavy atom. The van der Waals surface area contributed by atoms with Gasteiger partial charge in [0.25, 0.3) is 0 Å². The second kappa shape index (κ2) is 8.97. The Morgan fingerprint density at radius 1 is 1.16 bits per heavy atom. The summed E-state index contributed by atoms with van der Waals surface area (Å²) in [5, 5.41) is 5.51. The van der Waals surface area contributed by atoms with Crippen molar-refractivity contribution in [1.82, 2.24) is 10.2 Å². The quantitative estimate of drug-likeness (QED) is 0.843. The number of hydrogen-bond donors (Lipinski definition) is 1. The minimum absolute atomic E-state index is 0.123. The van der Waals surface area contributed by atoms with Crippen LogP contribution < -0.4 is 5.32 Å². The van der Waals surface area contributed by atoms with Gasteiger partial charge in [0.15, 0.2) is 0 Å². The van der Waals surface area contributed by atoms with Crippen molar-refractivity contribution in [3.05, 3.63) is 48.0 Å². The summed E-state index contributed by atoms with van der Waals surface area (Å²) in [6.45, 7) is 4.81. The van der Waals surface area contributed by atoms with Crippen LogP contribution in [0.5, 0.6) is 0 Å². The number of carbonyl (C=O) groups is 1. The zero-order valence-electron chi connectivity index (χ0n) is 15.0. The summed E-state index contributed by atoms with van der Waals surface area (Å²) in [7, 11) is 1.75. The minimum atomic E-state index is 0.123. The van der Waals surface area contributed by atoms with E-state index in [0.29, 0.717) is 12.3 Å². The van der Waals surface area contributed by atoms with Gasteiger partial charge in [0, 0.05) is 20.2 Å². The van der Waals surface area contributed by atoms with Crippen LogP contribution in [-0.2, 0) is 16.0 Å². The molecule has 1 N–H and O–H groups in total. The van der Waals surface area contributed by atoms with Crippen LogP contribution in [0, 0.1) is 5.92 Å². The van der Waals surface area contributed by atoms with Gasteiger partial charge in [0.2, 0.25) is 5.91 Å². The molecule has 2 aromatic carbocycles. The Labute approximate surface area is 150 Å². The molecule has 0 spiro atoms. The molecule has 2 aromatic rings. The van der Waals surface area contributed by atoms with Gasteiger partial charge in [0.05, 0.1) is 13.0 Å². The molecular formula is C21H28N2O2. The lowest BCUT2D eigenvalue weighted by Crippen LogP contribution is -2.40. The lowest BCUT2D eigenvalue weighted by Gasteiger charge is -2.31. The summed E-state index contributed by atoms with van der Waals surface area (Å²) in [6.07, 6.45) is 2.75. The number of ether oxygens (including phenoxy) is 1. The Hall–Kier alpha value is -1.91. The molecule has 25 heavy (non-hydrogen) atoms. The largest absolute Gasteiger partial charge is 0.383 e. The SMILES string of the molecule is COCCN1CCC(CNC(=O)Cc2cccc3ccccc23)CC1. The molecule has 0 bridgehead atoms. The number of methoxy groups -OCH3 is 1. The molecular weight excluding hydrogens is 312 g/mol. The summed E-state index contributed by atoms with van der Waals surface area (Å²) in [5.41, 5.74) is 1.10. The van der Waals surface area contributed by atoms with Gasteiger partial charge >= 0.3 is 0 Å². The lowest BCUT2D eigenvalue weighted by molar-refractivity contribution is -0.120. The van der Waals surface area contributed by atoms with Crippen LogP contribution in [0.2, 0.25) is 0 Å². The number of likely N-dealkylation sites (tertiary alicyclic amines) is 1. The zero-order chi connectivity index (χ0) is 17.5. The van der Waals surface area contributed by atoms with E-state index in [9.17, 15) is 4.79 Å². The first kappa shape index (κ1) is 17.9. The summed E-state index contributed by atoms with van der Waals surface area (Å²) in [4.78, 5) is 14.8. The lowest BCUT2D eigenvalue weighted by atomic mass is 9.96. The number of nitrogens with one attached hydrogen (secondary N) is 1. The third-order valence-corrected chi connectivity index (χ3v) is 5.14. The maximum Gasteiger partial charge on any atom is 0.224 e. The van der Waals surface area contributed by atoms with Crippen molar-refractivity contribution >= 4 is 16.7 Å². The molecule has 3 rings (SSSR count). The predicted molar refractivity (Wildman–Crippen MR) is 102 cm³/mol. The summed E-state index contributed by atoms with van der Waals surface area (Å²) in [6, 6.07) is 14.4. The molecule has 4 heteroatoms. The molecule has 1 saturated heterocycles. The highest BCUT2D eigenvalue weighted by Gasteiger charge is 2.19. The highest BCUT2D eigenvalue weighted by Crippen LogP contribution is 2.19. The average Bonchev–Trinajstić information content (AvgIpc) is 2.66. The van der Waals surface area contributed by atoms with Gasteiger partial charge in [-0.2, -0.15) is 0 Å². The van der Waals surface area contributed by atoms with E-state index < -0.39 is 0 Å². The smallest absolute Gasteiger partial charge is 0.224 e. The topological polar surface area (TPSA) is 41.6 Å². The van der Waals surface area contributed by atoms with Gasteiger partial charge < -0.3 is 15.0 Å². The van der Waals surface area contributed by atoms with E-state index in [4.69, 9.17) is 4.74 Å². The average molecular weight is 340 g/mol. The Bertz CT molecular complexity index is 688. The second-order valence-electron chi connectivity index (χ2n) is 6.90. The number of rotatable bonds is 7. The first-order valence-corrected chi connectivity index (χ1v) is 9.21. The highest BCUT2D eigenvalue weighted by atomic mass is 16.5. The molecule has 0 unspecified atom stereocenters. The van der Waals surface area contributed by atoms with Crippen molar-refractivity contribution in [2.24, 2.45) is 5.92 Å². The zero-order valence-corrected chi connectivity index (χ0v) is 15.0. The number of amides is 1. The van der Waals surface area contributed by atoms with Crippen molar-refractivity contribution < 1.29 is 9.53 Å². The normalized spacial score (nSPS) is 16.2. The van der Waals surface area contributed by atoms with Crippen molar-refractivity contribution in [1.29, 1.82) is 0 Å². The van der Waals surface area contributed by atoms with Crippen LogP contribution in [0.15, 0.2) is 42.5 Å². The van der Waals surface area contributed by atoms with Gasteiger partial charge in [-0.3, -0.25) is 4.79 Å². The Morgan fingerprint density at radius 3 is 2.72 bits per heavy atom. The molecule has 134 valence electrons. The van der Waals surface area contributed by atoms with Crippen LogP contribution in [-0.4, -0.2) is 50.7 Å². The van der Waals surface area contributed by atoms with E-state index in [1.54, 1.807) is 7.11 Å². The van der Waals surface area contributed by atoms with E-state index in [2.05, 4.69) is 34.5 Å². The molecule has 1 heterocycles. The van der Waals surface area contributed by atoms with E-state index in [-0.39, 0.29) is 5.91 Å². The molecule has 4 nitrogen and oxygen atoms in total. The van der Waals surface area contributed by atoms with Crippen molar-refractivity contribution in [3.8, 4) is 0 Å². The third-order valence-electron chi connectivity index (χ3n) is 5.14. The summed E-state index contributed by atoms with van der Waals surface area (Å²) in [5.74, 6) is 0.716. The Balaban J connectivity index is 1.46. The maximum absolute atomic E-state index is 12.4. The molecule has 1 aliphatic heterocycles. The van der Waals surface area contributed by atoms with E-state index in [0.717, 1.165) is 51.2 Å². The van der Waals surface area contributed by atoms with E-state index >= 15 is 0 Å². The van der Waals surface area contributed by atoms with E-state index in [1.807, 2.05) is 18.2 Å². The van der Waals surface area contributed by atoms with Crippen LogP contribution in [0.3, 0.4) is 0 Å². The predicted octanol–water partition coefficient (Wildman–Crippen LogP) is 2.86. The van der Waals surface area contributed by atoms with Crippen LogP contribution in [0.1, 0.15) is 18.4 Å². The molecule has 1 fully saturated rings. The number of fused-ring (bicyclic) bond motifs is 1. The number of piperidine rings is 1.